The Bertz CT molecular complexity index is 528. The van der Waals surface area contributed by atoms with E-state index in [0.717, 1.165) is 18.4 Å². The molecular weight excluding hydrogens is 360 g/mol. The Labute approximate surface area is 179 Å². The van der Waals surface area contributed by atoms with Gasteiger partial charge in [0.2, 0.25) is 0 Å². The molecule has 0 bridgehead atoms. The molecule has 166 valence electrons. The van der Waals surface area contributed by atoms with E-state index >= 15 is 0 Å². The highest BCUT2D eigenvalue weighted by molar-refractivity contribution is 5.80. The monoisotopic (exact) mass is 404 g/mol. The molecule has 0 radical (unpaired) electrons. The van der Waals surface area contributed by atoms with Gasteiger partial charge in [0.1, 0.15) is 0 Å². The molecule has 0 aromatic heterocycles. The van der Waals surface area contributed by atoms with Crippen molar-refractivity contribution in [3.8, 4) is 0 Å². The van der Waals surface area contributed by atoms with Crippen molar-refractivity contribution in [3.05, 3.63) is 35.9 Å². The van der Waals surface area contributed by atoms with Crippen LogP contribution in [0.25, 0.3) is 0 Å². The predicted molar refractivity (Wildman–Crippen MR) is 122 cm³/mol. The molecule has 3 heteroatoms. The fourth-order valence-corrected chi connectivity index (χ4v) is 3.79. The molecular formula is C26H44O3. The molecule has 1 rings (SSSR count). The van der Waals surface area contributed by atoms with Gasteiger partial charge in [-0.25, -0.2) is 4.79 Å². The molecule has 0 saturated carbocycles. The van der Waals surface area contributed by atoms with Crippen LogP contribution in [0.5, 0.6) is 0 Å². The number of esters is 1. The summed E-state index contributed by atoms with van der Waals surface area (Å²) in [5.41, 5.74) is -0.211. The molecule has 0 N–H and O–H groups in total. The van der Waals surface area contributed by atoms with Crippen LogP contribution in [-0.4, -0.2) is 19.7 Å². The average Bonchev–Trinajstić information content (AvgIpc) is 2.76. The van der Waals surface area contributed by atoms with Crippen molar-refractivity contribution in [2.75, 3.05) is 13.7 Å². The molecule has 2 unspecified atom stereocenters. The van der Waals surface area contributed by atoms with E-state index in [0.29, 0.717) is 12.5 Å². The maximum absolute atomic E-state index is 12.9. The highest BCUT2D eigenvalue weighted by atomic mass is 16.6. The largest absolute Gasteiger partial charge is 0.463 e. The summed E-state index contributed by atoms with van der Waals surface area (Å²) in [5, 5.41) is 0. The number of methoxy groups -OCH3 is 1. The van der Waals surface area contributed by atoms with Crippen LogP contribution in [0.3, 0.4) is 0 Å². The maximum atomic E-state index is 12.9. The van der Waals surface area contributed by atoms with Crippen LogP contribution in [-0.2, 0) is 19.9 Å². The van der Waals surface area contributed by atoms with Crippen LogP contribution >= 0.6 is 0 Å². The number of hydrogen-bond acceptors (Lipinski definition) is 3. The fraction of sp³-hybridized carbons (Fsp3) is 0.731. The standard InChI is InChI=1S/C26H44O3/c1-5-7-9-11-12-15-19-23(18-14-10-8-6-2)22-29-25(27)26(3,28-4)24-20-16-13-17-21-24/h13,16-17,20-21,23H,5-12,14-15,18-19,22H2,1-4H3. The number of unbranched alkanes of at least 4 members (excludes halogenated alkanes) is 8. The number of rotatable bonds is 17. The van der Waals surface area contributed by atoms with Gasteiger partial charge < -0.3 is 9.47 Å². The molecule has 3 nitrogen and oxygen atoms in total. The van der Waals surface area contributed by atoms with Gasteiger partial charge in [-0.15, -0.1) is 0 Å². The van der Waals surface area contributed by atoms with Gasteiger partial charge in [-0.1, -0.05) is 108 Å². The first kappa shape index (κ1) is 25.7. The summed E-state index contributed by atoms with van der Waals surface area (Å²) in [4.78, 5) is 12.9. The SMILES string of the molecule is CCCCCCCCC(CCCCCC)COC(=O)C(C)(OC)c1ccccc1. The van der Waals surface area contributed by atoms with Gasteiger partial charge in [-0.05, 0) is 31.2 Å². The zero-order chi connectivity index (χ0) is 21.4. The van der Waals surface area contributed by atoms with Crippen LogP contribution in [0, 0.1) is 5.92 Å². The Morgan fingerprint density at radius 1 is 0.862 bits per heavy atom. The Morgan fingerprint density at radius 3 is 1.93 bits per heavy atom. The van der Waals surface area contributed by atoms with Crippen molar-refractivity contribution in [3.63, 3.8) is 0 Å². The Hall–Kier alpha value is -1.35. The first-order valence-electron chi connectivity index (χ1n) is 11.9. The number of hydrogen-bond donors (Lipinski definition) is 0. The smallest absolute Gasteiger partial charge is 0.342 e. The van der Waals surface area contributed by atoms with Crippen LogP contribution < -0.4 is 0 Å². The second-order valence-corrected chi connectivity index (χ2v) is 8.47. The summed E-state index contributed by atoms with van der Waals surface area (Å²) in [6, 6.07) is 9.63. The topological polar surface area (TPSA) is 35.5 Å². The van der Waals surface area contributed by atoms with Crippen molar-refractivity contribution < 1.29 is 14.3 Å². The molecule has 0 aliphatic carbocycles. The molecule has 2 atom stereocenters. The lowest BCUT2D eigenvalue weighted by Crippen LogP contribution is -2.37. The number of carbonyl (C=O) groups is 1. The Balaban J connectivity index is 2.55. The van der Waals surface area contributed by atoms with Gasteiger partial charge in [-0.3, -0.25) is 0 Å². The molecule has 0 heterocycles. The van der Waals surface area contributed by atoms with E-state index < -0.39 is 5.60 Å². The van der Waals surface area contributed by atoms with E-state index in [1.807, 2.05) is 30.3 Å². The van der Waals surface area contributed by atoms with Crippen molar-refractivity contribution in [1.29, 1.82) is 0 Å². The summed E-state index contributed by atoms with van der Waals surface area (Å²) in [5.74, 6) is 0.173. The fourth-order valence-electron chi connectivity index (χ4n) is 3.79. The molecule has 0 aliphatic rings. The minimum absolute atomic E-state index is 0.285. The van der Waals surface area contributed by atoms with Crippen LogP contribution in [0.2, 0.25) is 0 Å². The third kappa shape index (κ3) is 9.80. The van der Waals surface area contributed by atoms with Gasteiger partial charge in [0.15, 0.2) is 5.60 Å². The van der Waals surface area contributed by atoms with Crippen molar-refractivity contribution in [1.82, 2.24) is 0 Å². The molecule has 1 aromatic carbocycles. The third-order valence-corrected chi connectivity index (χ3v) is 6.00. The number of carbonyl (C=O) groups excluding carboxylic acids is 1. The molecule has 0 spiro atoms. The van der Waals surface area contributed by atoms with Crippen LogP contribution in [0.1, 0.15) is 103 Å². The van der Waals surface area contributed by atoms with E-state index in [1.165, 1.54) is 64.2 Å². The van der Waals surface area contributed by atoms with Crippen molar-refractivity contribution in [2.45, 2.75) is 103 Å². The normalized spacial score (nSPS) is 14.3. The molecule has 0 amide bonds. The first-order valence-corrected chi connectivity index (χ1v) is 11.9. The second-order valence-electron chi connectivity index (χ2n) is 8.47. The van der Waals surface area contributed by atoms with Crippen molar-refractivity contribution >= 4 is 5.97 Å². The summed E-state index contributed by atoms with van der Waals surface area (Å²) in [7, 11) is 1.58. The zero-order valence-electron chi connectivity index (χ0n) is 19.4. The lowest BCUT2D eigenvalue weighted by atomic mass is 9.94. The highest BCUT2D eigenvalue weighted by Crippen LogP contribution is 2.27. The van der Waals surface area contributed by atoms with E-state index in [2.05, 4.69) is 13.8 Å². The maximum Gasteiger partial charge on any atom is 0.342 e. The molecule has 0 aliphatic heterocycles. The summed E-state index contributed by atoms with van der Waals surface area (Å²) < 4.78 is 11.4. The predicted octanol–water partition coefficient (Wildman–Crippen LogP) is 7.43. The van der Waals surface area contributed by atoms with Gasteiger partial charge in [0.25, 0.3) is 0 Å². The minimum Gasteiger partial charge on any atom is -0.463 e. The lowest BCUT2D eigenvalue weighted by Gasteiger charge is -2.27. The third-order valence-electron chi connectivity index (χ3n) is 6.00. The Morgan fingerprint density at radius 2 is 1.38 bits per heavy atom. The minimum atomic E-state index is -1.05. The summed E-state index contributed by atoms with van der Waals surface area (Å²) in [6.45, 7) is 6.80. The lowest BCUT2D eigenvalue weighted by molar-refractivity contribution is -0.170. The van der Waals surface area contributed by atoms with Crippen LogP contribution in [0.4, 0.5) is 0 Å². The summed E-state index contributed by atoms with van der Waals surface area (Å²) >= 11 is 0. The summed E-state index contributed by atoms with van der Waals surface area (Å²) in [6.07, 6.45) is 15.2. The molecule has 29 heavy (non-hydrogen) atoms. The van der Waals surface area contributed by atoms with Gasteiger partial charge in [0.05, 0.1) is 6.61 Å². The van der Waals surface area contributed by atoms with E-state index in [1.54, 1.807) is 14.0 Å². The van der Waals surface area contributed by atoms with Crippen LogP contribution in [0.15, 0.2) is 30.3 Å². The van der Waals surface area contributed by atoms with Gasteiger partial charge in [-0.2, -0.15) is 0 Å². The van der Waals surface area contributed by atoms with Crippen molar-refractivity contribution in [2.24, 2.45) is 5.92 Å². The molecule has 0 saturated heterocycles. The van der Waals surface area contributed by atoms with Gasteiger partial charge >= 0.3 is 5.97 Å². The Kier molecular flexibility index (Phi) is 13.7. The van der Waals surface area contributed by atoms with Gasteiger partial charge in [0, 0.05) is 7.11 Å². The molecule has 1 aromatic rings. The highest BCUT2D eigenvalue weighted by Gasteiger charge is 2.37. The molecule has 0 fully saturated rings. The van der Waals surface area contributed by atoms with E-state index in [-0.39, 0.29) is 5.97 Å². The second kappa shape index (κ2) is 15.5. The number of benzene rings is 1. The van der Waals surface area contributed by atoms with E-state index in [4.69, 9.17) is 9.47 Å². The average molecular weight is 405 g/mol. The zero-order valence-corrected chi connectivity index (χ0v) is 19.4. The van der Waals surface area contributed by atoms with E-state index in [9.17, 15) is 4.79 Å². The quantitative estimate of drug-likeness (QED) is 0.200. The number of ether oxygens (including phenoxy) is 2. The first-order chi connectivity index (χ1) is 14.1.